The Morgan fingerprint density at radius 1 is 1.47 bits per heavy atom. The lowest BCUT2D eigenvalue weighted by atomic mass is 10.3. The largest absolute Gasteiger partial charge is 0.389 e. The molecule has 0 aliphatic carbocycles. The molecule has 0 spiro atoms. The van der Waals surface area contributed by atoms with Crippen LogP contribution in [-0.4, -0.2) is 52.9 Å². The minimum Gasteiger partial charge on any atom is -0.389 e. The molecule has 1 unspecified atom stereocenters. The third kappa shape index (κ3) is 4.30. The average molecular weight is 271 g/mol. The molecule has 9 heteroatoms. The van der Waals surface area contributed by atoms with E-state index in [4.69, 9.17) is 4.74 Å². The number of nitrogens with zero attached hydrogens (tertiary/aromatic N) is 3. The lowest BCUT2D eigenvalue weighted by molar-refractivity contribution is -0.383. The van der Waals surface area contributed by atoms with Gasteiger partial charge in [0.1, 0.15) is 6.33 Å². The van der Waals surface area contributed by atoms with Crippen molar-refractivity contribution in [2.24, 2.45) is 0 Å². The van der Waals surface area contributed by atoms with Crippen LogP contribution in [-0.2, 0) is 4.74 Å². The summed E-state index contributed by atoms with van der Waals surface area (Å²) < 4.78 is 4.76. The highest BCUT2D eigenvalue weighted by molar-refractivity contribution is 5.69. The van der Waals surface area contributed by atoms with Crippen LogP contribution in [0.5, 0.6) is 0 Å². The van der Waals surface area contributed by atoms with Crippen LogP contribution < -0.4 is 10.6 Å². The number of hydrogen-bond donors (Lipinski definition) is 3. The van der Waals surface area contributed by atoms with Gasteiger partial charge >= 0.3 is 5.69 Å². The lowest BCUT2D eigenvalue weighted by Gasteiger charge is -2.12. The van der Waals surface area contributed by atoms with Crippen LogP contribution in [0.25, 0.3) is 0 Å². The highest BCUT2D eigenvalue weighted by Gasteiger charge is 2.22. The SMILES string of the molecule is CCNc1ncnc(NCC(O)COC)c1[N+](=O)[O-]. The number of aliphatic hydroxyl groups is 1. The molecule has 0 bridgehead atoms. The van der Waals surface area contributed by atoms with Gasteiger partial charge in [0.25, 0.3) is 0 Å². The maximum absolute atomic E-state index is 11.0. The predicted molar refractivity (Wildman–Crippen MR) is 69.2 cm³/mol. The Bertz CT molecular complexity index is 428. The quantitative estimate of drug-likeness (QED) is 0.454. The number of aliphatic hydroxyl groups excluding tert-OH is 1. The normalized spacial score (nSPS) is 11.9. The van der Waals surface area contributed by atoms with Crippen LogP contribution in [0.3, 0.4) is 0 Å². The van der Waals surface area contributed by atoms with Gasteiger partial charge in [-0.3, -0.25) is 10.1 Å². The molecule has 9 nitrogen and oxygen atoms in total. The molecule has 3 N–H and O–H groups in total. The van der Waals surface area contributed by atoms with Crippen LogP contribution >= 0.6 is 0 Å². The molecule has 1 aromatic heterocycles. The van der Waals surface area contributed by atoms with Gasteiger partial charge < -0.3 is 20.5 Å². The summed E-state index contributed by atoms with van der Waals surface area (Å²) in [4.78, 5) is 18.1. The summed E-state index contributed by atoms with van der Waals surface area (Å²) in [6.45, 7) is 2.54. The second-order valence-electron chi connectivity index (χ2n) is 3.70. The van der Waals surface area contributed by atoms with Crippen LogP contribution in [0.15, 0.2) is 6.33 Å². The maximum atomic E-state index is 11.0. The van der Waals surface area contributed by atoms with Crippen LogP contribution in [0.2, 0.25) is 0 Å². The van der Waals surface area contributed by atoms with Gasteiger partial charge in [0.05, 0.1) is 17.6 Å². The van der Waals surface area contributed by atoms with E-state index in [0.29, 0.717) is 6.54 Å². The van der Waals surface area contributed by atoms with Crippen LogP contribution in [0.4, 0.5) is 17.3 Å². The van der Waals surface area contributed by atoms with E-state index in [2.05, 4.69) is 20.6 Å². The van der Waals surface area contributed by atoms with Gasteiger partial charge in [-0.1, -0.05) is 0 Å². The summed E-state index contributed by atoms with van der Waals surface area (Å²) >= 11 is 0. The van der Waals surface area contributed by atoms with Crippen molar-refractivity contribution in [3.8, 4) is 0 Å². The first-order chi connectivity index (χ1) is 9.10. The summed E-state index contributed by atoms with van der Waals surface area (Å²) in [5.41, 5.74) is -0.242. The van der Waals surface area contributed by atoms with E-state index >= 15 is 0 Å². The Labute approximate surface area is 110 Å². The highest BCUT2D eigenvalue weighted by Crippen LogP contribution is 2.28. The van der Waals surface area contributed by atoms with Crippen molar-refractivity contribution in [3.05, 3.63) is 16.4 Å². The molecule has 1 aromatic rings. The average Bonchev–Trinajstić information content (AvgIpc) is 2.37. The standard InChI is InChI=1S/C10H17N5O4/c1-3-11-9-8(15(17)18)10(14-6-13-9)12-4-7(16)5-19-2/h6-7,16H,3-5H2,1-2H3,(H2,11,12,13,14). The van der Waals surface area contributed by atoms with Crippen molar-refractivity contribution in [2.75, 3.05) is 37.4 Å². The first kappa shape index (κ1) is 15.1. The molecule has 0 aliphatic rings. The van der Waals surface area contributed by atoms with E-state index in [1.54, 1.807) is 6.92 Å². The van der Waals surface area contributed by atoms with E-state index < -0.39 is 11.0 Å². The van der Waals surface area contributed by atoms with Gasteiger partial charge in [-0.25, -0.2) is 9.97 Å². The van der Waals surface area contributed by atoms with E-state index in [0.717, 1.165) is 0 Å². The topological polar surface area (TPSA) is 122 Å². The highest BCUT2D eigenvalue weighted by atomic mass is 16.6. The zero-order chi connectivity index (χ0) is 14.3. The van der Waals surface area contributed by atoms with Gasteiger partial charge in [0.15, 0.2) is 0 Å². The summed E-state index contributed by atoms with van der Waals surface area (Å²) in [5, 5.41) is 26.0. The molecule has 0 amide bonds. The molecule has 106 valence electrons. The second kappa shape index (κ2) is 7.44. The van der Waals surface area contributed by atoms with Gasteiger partial charge in [0.2, 0.25) is 11.6 Å². The van der Waals surface area contributed by atoms with Crippen molar-refractivity contribution in [3.63, 3.8) is 0 Å². The Hall–Kier alpha value is -2.00. The van der Waals surface area contributed by atoms with Crippen LogP contribution in [0.1, 0.15) is 6.92 Å². The molecular weight excluding hydrogens is 254 g/mol. The molecule has 1 rings (SSSR count). The zero-order valence-corrected chi connectivity index (χ0v) is 10.8. The summed E-state index contributed by atoms with van der Waals surface area (Å²) in [6, 6.07) is 0. The molecular formula is C10H17N5O4. The third-order valence-corrected chi connectivity index (χ3v) is 2.21. The fourth-order valence-electron chi connectivity index (χ4n) is 1.44. The van der Waals surface area contributed by atoms with Crippen molar-refractivity contribution < 1.29 is 14.8 Å². The van der Waals surface area contributed by atoms with Gasteiger partial charge in [-0.05, 0) is 6.92 Å². The van der Waals surface area contributed by atoms with Crippen molar-refractivity contribution in [2.45, 2.75) is 13.0 Å². The fourth-order valence-corrected chi connectivity index (χ4v) is 1.44. The van der Waals surface area contributed by atoms with E-state index in [-0.39, 0.29) is 30.5 Å². The molecule has 0 radical (unpaired) electrons. The number of aromatic nitrogens is 2. The minimum absolute atomic E-state index is 0.0612. The van der Waals surface area contributed by atoms with Crippen LogP contribution in [0, 0.1) is 10.1 Å². The predicted octanol–water partition coefficient (Wildman–Crippen LogP) is 0.236. The molecule has 0 fully saturated rings. The minimum atomic E-state index is -0.776. The Morgan fingerprint density at radius 3 is 2.63 bits per heavy atom. The molecule has 0 aliphatic heterocycles. The monoisotopic (exact) mass is 271 g/mol. The Kier molecular flexibility index (Phi) is 5.90. The summed E-state index contributed by atoms with van der Waals surface area (Å²) in [7, 11) is 1.46. The fraction of sp³-hybridized carbons (Fsp3) is 0.600. The first-order valence-corrected chi connectivity index (χ1v) is 5.74. The van der Waals surface area contributed by atoms with Crippen molar-refractivity contribution in [1.82, 2.24) is 9.97 Å². The van der Waals surface area contributed by atoms with Gasteiger partial charge in [0, 0.05) is 20.2 Å². The molecule has 0 aromatic carbocycles. The Morgan fingerprint density at radius 2 is 2.11 bits per heavy atom. The van der Waals surface area contributed by atoms with E-state index in [9.17, 15) is 15.2 Å². The third-order valence-electron chi connectivity index (χ3n) is 2.21. The lowest BCUT2D eigenvalue weighted by Crippen LogP contribution is -2.25. The van der Waals surface area contributed by atoms with E-state index in [1.165, 1.54) is 13.4 Å². The number of methoxy groups -OCH3 is 1. The number of ether oxygens (including phenoxy) is 1. The van der Waals surface area contributed by atoms with Gasteiger partial charge in [-0.2, -0.15) is 0 Å². The molecule has 1 atom stereocenters. The maximum Gasteiger partial charge on any atom is 0.353 e. The summed E-state index contributed by atoms with van der Waals surface area (Å²) in [6.07, 6.45) is 0.442. The first-order valence-electron chi connectivity index (χ1n) is 5.74. The number of nitro groups is 1. The molecule has 0 saturated carbocycles. The van der Waals surface area contributed by atoms with Crippen molar-refractivity contribution >= 4 is 17.3 Å². The van der Waals surface area contributed by atoms with Gasteiger partial charge in [-0.15, -0.1) is 0 Å². The van der Waals surface area contributed by atoms with E-state index in [1.807, 2.05) is 0 Å². The molecule has 19 heavy (non-hydrogen) atoms. The Balaban J connectivity index is 2.87. The number of hydrogen-bond acceptors (Lipinski definition) is 8. The molecule has 0 saturated heterocycles. The number of anilines is 2. The number of nitrogens with one attached hydrogen (secondary N) is 2. The summed E-state index contributed by atoms with van der Waals surface area (Å²) in [5.74, 6) is 0.206. The smallest absolute Gasteiger partial charge is 0.353 e. The second-order valence-corrected chi connectivity index (χ2v) is 3.70. The number of rotatable bonds is 8. The zero-order valence-electron chi connectivity index (χ0n) is 10.8. The van der Waals surface area contributed by atoms with Crippen molar-refractivity contribution in [1.29, 1.82) is 0 Å². The molecule has 1 heterocycles.